The van der Waals surface area contributed by atoms with E-state index >= 15 is 0 Å². The van der Waals surface area contributed by atoms with Crippen molar-refractivity contribution in [3.05, 3.63) is 42.5 Å². The van der Waals surface area contributed by atoms with Gasteiger partial charge in [0, 0.05) is 19.6 Å². The van der Waals surface area contributed by atoms with Gasteiger partial charge in [0.1, 0.15) is 0 Å². The summed E-state index contributed by atoms with van der Waals surface area (Å²) in [5, 5.41) is 12.5. The zero-order chi connectivity index (χ0) is 19.5. The van der Waals surface area contributed by atoms with Gasteiger partial charge in [-0.1, -0.05) is 30.3 Å². The summed E-state index contributed by atoms with van der Waals surface area (Å²) in [5.74, 6) is 0. The molecule has 8 heteroatoms. The first kappa shape index (κ1) is 19.6. The smallest absolute Gasteiger partial charge is 0.409 e. The first-order valence-corrected chi connectivity index (χ1v) is 10.4. The number of fused-ring (bicyclic) bond motifs is 1. The van der Waals surface area contributed by atoms with Crippen molar-refractivity contribution in [3.8, 4) is 0 Å². The molecule has 1 amide bonds. The molecular formula is C19H24N2O5S. The lowest BCUT2D eigenvalue weighted by Gasteiger charge is -2.37. The van der Waals surface area contributed by atoms with Gasteiger partial charge in [0.25, 0.3) is 0 Å². The van der Waals surface area contributed by atoms with Gasteiger partial charge in [0.2, 0.25) is 10.0 Å². The lowest BCUT2D eigenvalue weighted by atomic mass is 9.92. The number of nitrogens with one attached hydrogen (secondary N) is 1. The molecule has 27 heavy (non-hydrogen) atoms. The maximum atomic E-state index is 12.6. The number of sulfonamides is 1. The van der Waals surface area contributed by atoms with E-state index < -0.39 is 21.7 Å². The Morgan fingerprint density at radius 3 is 2.52 bits per heavy atom. The Balaban J connectivity index is 1.63. The summed E-state index contributed by atoms with van der Waals surface area (Å²) in [5.41, 5.74) is -1.19. The molecule has 2 aromatic carbocycles. The summed E-state index contributed by atoms with van der Waals surface area (Å²) in [4.78, 5) is 13.4. The topological polar surface area (TPSA) is 95.9 Å². The maximum Gasteiger partial charge on any atom is 0.409 e. The number of amides is 1. The van der Waals surface area contributed by atoms with Crippen molar-refractivity contribution in [2.24, 2.45) is 0 Å². The summed E-state index contributed by atoms with van der Waals surface area (Å²) < 4.78 is 32.7. The highest BCUT2D eigenvalue weighted by Crippen LogP contribution is 2.24. The number of hydrogen-bond donors (Lipinski definition) is 2. The molecule has 0 aliphatic carbocycles. The Morgan fingerprint density at radius 1 is 1.19 bits per heavy atom. The Bertz CT molecular complexity index is 921. The van der Waals surface area contributed by atoms with Crippen molar-refractivity contribution in [2.45, 2.75) is 30.3 Å². The fourth-order valence-corrected chi connectivity index (χ4v) is 4.30. The van der Waals surface area contributed by atoms with Gasteiger partial charge in [0.05, 0.1) is 17.1 Å². The van der Waals surface area contributed by atoms with E-state index in [0.29, 0.717) is 19.7 Å². The Labute approximate surface area is 159 Å². The van der Waals surface area contributed by atoms with E-state index in [9.17, 15) is 18.3 Å². The quantitative estimate of drug-likeness (QED) is 0.812. The van der Waals surface area contributed by atoms with Crippen LogP contribution in [0.4, 0.5) is 4.79 Å². The van der Waals surface area contributed by atoms with Crippen LogP contribution >= 0.6 is 0 Å². The first-order valence-electron chi connectivity index (χ1n) is 8.95. The van der Waals surface area contributed by atoms with E-state index in [1.54, 1.807) is 25.1 Å². The van der Waals surface area contributed by atoms with Crippen molar-refractivity contribution in [2.75, 3.05) is 26.2 Å². The molecule has 0 radical (unpaired) electrons. The Hall–Kier alpha value is -2.16. The van der Waals surface area contributed by atoms with Crippen LogP contribution in [0.2, 0.25) is 0 Å². The van der Waals surface area contributed by atoms with Gasteiger partial charge in [0.15, 0.2) is 0 Å². The molecule has 0 saturated carbocycles. The standard InChI is InChI=1S/C19H24N2O5S/c1-2-26-18(22)21-11-9-19(23,10-12-21)14-20-27(24,25)17-8-7-15-5-3-4-6-16(15)13-17/h3-8,13,20,23H,2,9-12,14H2,1H3. The number of ether oxygens (including phenoxy) is 1. The molecule has 7 nitrogen and oxygen atoms in total. The molecular weight excluding hydrogens is 368 g/mol. The van der Waals surface area contributed by atoms with Gasteiger partial charge < -0.3 is 14.7 Å². The van der Waals surface area contributed by atoms with Crippen LogP contribution in [0.3, 0.4) is 0 Å². The molecule has 0 unspecified atom stereocenters. The number of nitrogens with zero attached hydrogens (tertiary/aromatic N) is 1. The van der Waals surface area contributed by atoms with Crippen LogP contribution in [-0.2, 0) is 14.8 Å². The highest BCUT2D eigenvalue weighted by Gasteiger charge is 2.35. The highest BCUT2D eigenvalue weighted by molar-refractivity contribution is 7.89. The fraction of sp³-hybridized carbons (Fsp3) is 0.421. The number of benzene rings is 2. The summed E-state index contributed by atoms with van der Waals surface area (Å²) in [7, 11) is -3.74. The van der Waals surface area contributed by atoms with Crippen LogP contribution < -0.4 is 4.72 Å². The summed E-state index contributed by atoms with van der Waals surface area (Å²) in [6, 6.07) is 12.4. The second kappa shape index (κ2) is 7.84. The molecule has 146 valence electrons. The predicted octanol–water partition coefficient (Wildman–Crippen LogP) is 2.10. The third kappa shape index (κ3) is 4.58. The molecule has 2 N–H and O–H groups in total. The van der Waals surface area contributed by atoms with Crippen LogP contribution in [0.1, 0.15) is 19.8 Å². The van der Waals surface area contributed by atoms with Crippen molar-refractivity contribution < 1.29 is 23.1 Å². The zero-order valence-corrected chi connectivity index (χ0v) is 16.0. The third-order valence-electron chi connectivity index (χ3n) is 4.84. The summed E-state index contributed by atoms with van der Waals surface area (Å²) in [6.45, 7) is 2.59. The molecule has 1 heterocycles. The number of hydrogen-bond acceptors (Lipinski definition) is 5. The van der Waals surface area contributed by atoms with Gasteiger partial charge in [-0.2, -0.15) is 0 Å². The minimum absolute atomic E-state index is 0.0984. The molecule has 1 fully saturated rings. The van der Waals surface area contributed by atoms with Crippen LogP contribution in [0.5, 0.6) is 0 Å². The van der Waals surface area contributed by atoms with Gasteiger partial charge >= 0.3 is 6.09 Å². The number of carbonyl (C=O) groups excluding carboxylic acids is 1. The van der Waals surface area contributed by atoms with Gasteiger partial charge in [-0.3, -0.25) is 0 Å². The predicted molar refractivity (Wildman–Crippen MR) is 102 cm³/mol. The van der Waals surface area contributed by atoms with Gasteiger partial charge in [-0.05, 0) is 42.7 Å². The van der Waals surface area contributed by atoms with Crippen LogP contribution in [0, 0.1) is 0 Å². The molecule has 0 aromatic heterocycles. The van der Waals surface area contributed by atoms with Crippen molar-refractivity contribution >= 4 is 26.9 Å². The van der Waals surface area contributed by atoms with Crippen molar-refractivity contribution in [1.82, 2.24) is 9.62 Å². The second-order valence-electron chi connectivity index (χ2n) is 6.74. The number of aliphatic hydroxyl groups is 1. The van der Waals surface area contributed by atoms with Crippen LogP contribution in [-0.4, -0.2) is 56.4 Å². The maximum absolute atomic E-state index is 12.6. The fourth-order valence-electron chi connectivity index (χ4n) is 3.14. The average Bonchev–Trinajstić information content (AvgIpc) is 2.67. The normalized spacial score (nSPS) is 17.0. The molecule has 1 aliphatic heterocycles. The van der Waals surface area contributed by atoms with Crippen LogP contribution in [0.15, 0.2) is 47.4 Å². The number of likely N-dealkylation sites (tertiary alicyclic amines) is 1. The highest BCUT2D eigenvalue weighted by atomic mass is 32.2. The molecule has 0 bridgehead atoms. The monoisotopic (exact) mass is 392 g/mol. The van der Waals surface area contributed by atoms with E-state index in [4.69, 9.17) is 4.74 Å². The average molecular weight is 392 g/mol. The van der Waals surface area contributed by atoms with Crippen LogP contribution in [0.25, 0.3) is 10.8 Å². The number of carbonyl (C=O) groups is 1. The zero-order valence-electron chi connectivity index (χ0n) is 15.2. The van der Waals surface area contributed by atoms with E-state index in [1.807, 2.05) is 24.3 Å². The Morgan fingerprint density at radius 2 is 1.85 bits per heavy atom. The van der Waals surface area contributed by atoms with E-state index in [2.05, 4.69) is 4.72 Å². The lowest BCUT2D eigenvalue weighted by Crippen LogP contribution is -2.52. The number of rotatable bonds is 5. The summed E-state index contributed by atoms with van der Waals surface area (Å²) in [6.07, 6.45) is 0.161. The number of piperidine rings is 1. The van der Waals surface area contributed by atoms with E-state index in [1.165, 1.54) is 4.90 Å². The molecule has 2 aromatic rings. The van der Waals surface area contributed by atoms with Gasteiger partial charge in [-0.25, -0.2) is 17.9 Å². The van der Waals surface area contributed by atoms with E-state index in [0.717, 1.165) is 10.8 Å². The minimum Gasteiger partial charge on any atom is -0.450 e. The van der Waals surface area contributed by atoms with E-state index in [-0.39, 0.29) is 24.3 Å². The molecule has 0 spiro atoms. The third-order valence-corrected chi connectivity index (χ3v) is 6.24. The van der Waals surface area contributed by atoms with Crippen molar-refractivity contribution in [1.29, 1.82) is 0 Å². The molecule has 3 rings (SSSR count). The first-order chi connectivity index (χ1) is 12.8. The SMILES string of the molecule is CCOC(=O)N1CCC(O)(CNS(=O)(=O)c2ccc3ccccc3c2)CC1. The second-order valence-corrected chi connectivity index (χ2v) is 8.51. The molecule has 1 saturated heterocycles. The van der Waals surface area contributed by atoms with Crippen molar-refractivity contribution in [3.63, 3.8) is 0 Å². The molecule has 1 aliphatic rings. The van der Waals surface area contributed by atoms with Gasteiger partial charge in [-0.15, -0.1) is 0 Å². The minimum atomic E-state index is -3.74. The Kier molecular flexibility index (Phi) is 5.69. The lowest BCUT2D eigenvalue weighted by molar-refractivity contribution is -0.0153. The summed E-state index contributed by atoms with van der Waals surface area (Å²) >= 11 is 0. The molecule has 0 atom stereocenters. The largest absolute Gasteiger partial charge is 0.450 e.